The topological polar surface area (TPSA) is 44.8 Å². The Bertz CT molecular complexity index is 941. The van der Waals surface area contributed by atoms with Crippen molar-refractivity contribution in [1.82, 2.24) is 15.1 Å². The highest BCUT2D eigenvalue weighted by molar-refractivity contribution is 7.80. The minimum absolute atomic E-state index is 0.191. The highest BCUT2D eigenvalue weighted by Crippen LogP contribution is 2.40. The molecule has 32 heavy (non-hydrogen) atoms. The van der Waals surface area contributed by atoms with Gasteiger partial charge in [0.05, 0.1) is 19.6 Å². The van der Waals surface area contributed by atoms with E-state index in [1.807, 2.05) is 35.2 Å². The van der Waals surface area contributed by atoms with Gasteiger partial charge >= 0.3 is 0 Å². The van der Waals surface area contributed by atoms with Gasteiger partial charge < -0.3 is 19.9 Å². The van der Waals surface area contributed by atoms with Crippen molar-refractivity contribution in [2.45, 2.75) is 38.6 Å². The molecule has 1 amide bonds. The number of benzene rings is 2. The van der Waals surface area contributed by atoms with E-state index >= 15 is 0 Å². The van der Waals surface area contributed by atoms with Crippen molar-refractivity contribution in [1.29, 1.82) is 0 Å². The number of nitrogens with zero attached hydrogens (tertiary/aromatic N) is 2. The third kappa shape index (κ3) is 5.23. The van der Waals surface area contributed by atoms with Crippen molar-refractivity contribution >= 4 is 23.2 Å². The monoisotopic (exact) mass is 451 g/mol. The van der Waals surface area contributed by atoms with Gasteiger partial charge in [-0.2, -0.15) is 0 Å². The molecule has 2 saturated heterocycles. The number of carbonyl (C=O) groups is 1. The molecule has 1 N–H and O–H groups in total. The number of thiocarbonyl (C=S) groups is 1. The van der Waals surface area contributed by atoms with Crippen LogP contribution in [0.1, 0.15) is 43.4 Å². The summed E-state index contributed by atoms with van der Waals surface area (Å²) in [5.74, 6) is 1.00. The van der Waals surface area contributed by atoms with Crippen molar-refractivity contribution in [2.75, 3.05) is 33.3 Å². The van der Waals surface area contributed by atoms with Gasteiger partial charge in [0.25, 0.3) is 0 Å². The summed E-state index contributed by atoms with van der Waals surface area (Å²) in [5.41, 5.74) is 2.52. The van der Waals surface area contributed by atoms with Crippen molar-refractivity contribution in [2.24, 2.45) is 5.41 Å². The number of hydrogen-bond acceptors (Lipinski definition) is 3. The lowest BCUT2D eigenvalue weighted by Gasteiger charge is -2.39. The summed E-state index contributed by atoms with van der Waals surface area (Å²) in [7, 11) is 1.65. The normalized spacial score (nSPS) is 18.4. The van der Waals surface area contributed by atoms with Gasteiger partial charge in [-0.15, -0.1) is 0 Å². The number of carbonyl (C=O) groups excluding carboxylic acids is 1. The molecule has 0 bridgehead atoms. The summed E-state index contributed by atoms with van der Waals surface area (Å²) in [6.07, 6.45) is 3.67. The standard InChI is InChI=1S/C26H33N3O2S/c1-20(22-8-4-3-5-9-22)27-25(32)29-16-13-26(19-29)11-14-28(15-12-26)24(30)18-21-7-6-10-23(17-21)31-2/h3-10,17,20H,11-16,18-19H2,1-2H3,(H,27,32). The number of likely N-dealkylation sites (tertiary alicyclic amines) is 2. The summed E-state index contributed by atoms with van der Waals surface area (Å²) in [6.45, 7) is 5.79. The molecule has 1 atom stereocenters. The molecule has 2 heterocycles. The Balaban J connectivity index is 1.27. The first-order valence-electron chi connectivity index (χ1n) is 11.5. The van der Waals surface area contributed by atoms with Crippen molar-refractivity contribution in [3.05, 3.63) is 65.7 Å². The fourth-order valence-corrected chi connectivity index (χ4v) is 5.25. The van der Waals surface area contributed by atoms with Gasteiger partial charge in [0.1, 0.15) is 5.75 Å². The average molecular weight is 452 g/mol. The second kappa shape index (κ2) is 9.90. The molecule has 0 radical (unpaired) electrons. The summed E-state index contributed by atoms with van der Waals surface area (Å²) >= 11 is 5.74. The van der Waals surface area contributed by atoms with E-state index < -0.39 is 0 Å². The molecule has 1 unspecified atom stereocenters. The summed E-state index contributed by atoms with van der Waals surface area (Å²) in [5, 5.41) is 4.35. The quantitative estimate of drug-likeness (QED) is 0.691. The third-order valence-electron chi connectivity index (χ3n) is 7.03. The molecule has 2 aromatic carbocycles. The first-order valence-corrected chi connectivity index (χ1v) is 11.9. The summed E-state index contributed by atoms with van der Waals surface area (Å²) in [4.78, 5) is 17.2. The van der Waals surface area contributed by atoms with Crippen LogP contribution in [0, 0.1) is 5.41 Å². The Kier molecular flexibility index (Phi) is 6.99. The van der Waals surface area contributed by atoms with E-state index in [-0.39, 0.29) is 17.4 Å². The van der Waals surface area contributed by atoms with Crippen molar-refractivity contribution < 1.29 is 9.53 Å². The number of hydrogen-bond donors (Lipinski definition) is 1. The maximum absolute atomic E-state index is 12.8. The predicted octanol–water partition coefficient (Wildman–Crippen LogP) is 4.19. The number of nitrogens with one attached hydrogen (secondary N) is 1. The number of rotatable bonds is 5. The molecule has 0 saturated carbocycles. The van der Waals surface area contributed by atoms with Gasteiger partial charge in [-0.1, -0.05) is 42.5 Å². The van der Waals surface area contributed by atoms with Gasteiger partial charge in [-0.3, -0.25) is 4.79 Å². The van der Waals surface area contributed by atoms with Crippen LogP contribution in [-0.4, -0.2) is 54.1 Å². The van der Waals surface area contributed by atoms with Crippen LogP contribution in [0.5, 0.6) is 5.75 Å². The fraction of sp³-hybridized carbons (Fsp3) is 0.462. The molecule has 0 aliphatic carbocycles. The highest BCUT2D eigenvalue weighted by Gasteiger charge is 2.42. The van der Waals surface area contributed by atoms with E-state index in [4.69, 9.17) is 17.0 Å². The van der Waals surface area contributed by atoms with Crippen LogP contribution in [0.3, 0.4) is 0 Å². The molecule has 5 nitrogen and oxygen atoms in total. The lowest BCUT2D eigenvalue weighted by Crippen LogP contribution is -2.46. The number of methoxy groups -OCH3 is 1. The lowest BCUT2D eigenvalue weighted by atomic mass is 9.77. The first kappa shape index (κ1) is 22.6. The molecule has 170 valence electrons. The van der Waals surface area contributed by atoms with E-state index in [1.165, 1.54) is 5.56 Å². The molecule has 4 rings (SSSR count). The van der Waals surface area contributed by atoms with E-state index in [0.29, 0.717) is 6.42 Å². The third-order valence-corrected chi connectivity index (χ3v) is 7.41. The predicted molar refractivity (Wildman–Crippen MR) is 132 cm³/mol. The van der Waals surface area contributed by atoms with Crippen molar-refractivity contribution in [3.63, 3.8) is 0 Å². The molecular formula is C26H33N3O2S. The minimum atomic E-state index is 0.191. The van der Waals surface area contributed by atoms with E-state index in [1.54, 1.807) is 7.11 Å². The molecule has 6 heteroatoms. The minimum Gasteiger partial charge on any atom is -0.497 e. The van der Waals surface area contributed by atoms with Gasteiger partial charge in [0, 0.05) is 26.2 Å². The maximum Gasteiger partial charge on any atom is 0.226 e. The largest absolute Gasteiger partial charge is 0.497 e. The second-order valence-corrected chi connectivity index (χ2v) is 9.55. The Morgan fingerprint density at radius 1 is 1.06 bits per heavy atom. The number of ether oxygens (including phenoxy) is 1. The van der Waals surface area contributed by atoms with Gasteiger partial charge in [-0.25, -0.2) is 0 Å². The molecule has 2 aliphatic heterocycles. The molecule has 1 spiro atoms. The maximum atomic E-state index is 12.8. The van der Waals surface area contributed by atoms with Crippen LogP contribution in [0.15, 0.2) is 54.6 Å². The van der Waals surface area contributed by atoms with Gasteiger partial charge in [0.2, 0.25) is 5.91 Å². The van der Waals surface area contributed by atoms with Crippen LogP contribution in [0.2, 0.25) is 0 Å². The number of piperidine rings is 1. The zero-order valence-corrected chi connectivity index (χ0v) is 19.9. The van der Waals surface area contributed by atoms with E-state index in [2.05, 4.69) is 41.4 Å². The van der Waals surface area contributed by atoms with Crippen molar-refractivity contribution in [3.8, 4) is 5.75 Å². The van der Waals surface area contributed by atoms with Crippen LogP contribution >= 0.6 is 12.2 Å². The summed E-state index contributed by atoms with van der Waals surface area (Å²) < 4.78 is 5.28. The van der Waals surface area contributed by atoms with E-state index in [0.717, 1.165) is 61.9 Å². The summed E-state index contributed by atoms with van der Waals surface area (Å²) in [6, 6.07) is 18.4. The smallest absolute Gasteiger partial charge is 0.226 e. The zero-order valence-electron chi connectivity index (χ0n) is 19.0. The Labute approximate surface area is 196 Å². The van der Waals surface area contributed by atoms with Crippen LogP contribution in [0.4, 0.5) is 0 Å². The molecule has 2 aliphatic rings. The van der Waals surface area contributed by atoms with Crippen LogP contribution in [0.25, 0.3) is 0 Å². The van der Waals surface area contributed by atoms with E-state index in [9.17, 15) is 4.79 Å². The first-order chi connectivity index (χ1) is 15.5. The lowest BCUT2D eigenvalue weighted by molar-refractivity contribution is -0.132. The van der Waals surface area contributed by atoms with Crippen LogP contribution < -0.4 is 10.1 Å². The molecule has 2 aromatic rings. The highest BCUT2D eigenvalue weighted by atomic mass is 32.1. The second-order valence-electron chi connectivity index (χ2n) is 9.16. The number of amides is 1. The van der Waals surface area contributed by atoms with Gasteiger partial charge in [0.15, 0.2) is 5.11 Å². The molecule has 0 aromatic heterocycles. The zero-order chi connectivity index (χ0) is 22.6. The SMILES string of the molecule is COc1cccc(CC(=O)N2CCC3(CC2)CCN(C(=S)NC(C)c2ccccc2)C3)c1. The Hall–Kier alpha value is -2.60. The average Bonchev–Trinajstić information content (AvgIpc) is 3.23. The van der Waals surface area contributed by atoms with Gasteiger partial charge in [-0.05, 0) is 67.1 Å². The Morgan fingerprint density at radius 3 is 2.44 bits per heavy atom. The molecule has 2 fully saturated rings. The van der Waals surface area contributed by atoms with Crippen LogP contribution in [-0.2, 0) is 11.2 Å². The Morgan fingerprint density at radius 2 is 1.75 bits per heavy atom. The fourth-order valence-electron chi connectivity index (χ4n) is 4.92. The molecular weight excluding hydrogens is 418 g/mol.